The summed E-state index contributed by atoms with van der Waals surface area (Å²) in [7, 11) is 0. The van der Waals surface area contributed by atoms with Gasteiger partial charge in [0.05, 0.1) is 5.56 Å². The predicted octanol–water partition coefficient (Wildman–Crippen LogP) is 4.03. The fraction of sp³-hybridized carbons (Fsp3) is 0.368. The van der Waals surface area contributed by atoms with Crippen LogP contribution in [0, 0.1) is 5.92 Å². The van der Waals surface area contributed by atoms with Crippen LogP contribution in [-0.2, 0) is 17.6 Å². The number of rotatable bonds is 5. The lowest BCUT2D eigenvalue weighted by Crippen LogP contribution is -2.30. The van der Waals surface area contributed by atoms with Gasteiger partial charge >= 0.3 is 0 Å². The molecule has 138 valence electrons. The fourth-order valence-corrected chi connectivity index (χ4v) is 4.71. The number of hydrogen-bond acceptors (Lipinski definition) is 4. The standard InChI is InChI=1S/C19H21ClN2O3S/c1-10-6-7-14-15(8-10)26-19(16(14)17(21)23)22-18(24)11(2)25-13-5-3-4-12(20)9-13/h3-5,9-11H,6-8H2,1-2H3,(H2,21,23)(H,22,24)/t10-,11+/m0/s1. The van der Waals surface area contributed by atoms with Crippen molar-refractivity contribution in [2.75, 3.05) is 5.32 Å². The zero-order valence-electron chi connectivity index (χ0n) is 14.7. The van der Waals surface area contributed by atoms with Crippen molar-refractivity contribution in [2.45, 2.75) is 39.2 Å². The maximum atomic E-state index is 12.5. The van der Waals surface area contributed by atoms with Crippen LogP contribution in [0.3, 0.4) is 0 Å². The Bertz CT molecular complexity index is 849. The maximum absolute atomic E-state index is 12.5. The van der Waals surface area contributed by atoms with Gasteiger partial charge in [-0.3, -0.25) is 9.59 Å². The van der Waals surface area contributed by atoms with E-state index in [1.54, 1.807) is 31.2 Å². The number of carbonyl (C=O) groups excluding carboxylic acids is 2. The number of anilines is 1. The van der Waals surface area contributed by atoms with Gasteiger partial charge in [-0.15, -0.1) is 11.3 Å². The Kier molecular flexibility index (Phi) is 5.53. The van der Waals surface area contributed by atoms with Crippen molar-refractivity contribution < 1.29 is 14.3 Å². The van der Waals surface area contributed by atoms with Gasteiger partial charge in [-0.1, -0.05) is 24.6 Å². The summed E-state index contributed by atoms with van der Waals surface area (Å²) in [6.07, 6.45) is 2.00. The molecule has 1 aromatic carbocycles. The summed E-state index contributed by atoms with van der Waals surface area (Å²) in [5.74, 6) is 0.236. The summed E-state index contributed by atoms with van der Waals surface area (Å²) in [6, 6.07) is 6.86. The number of halogens is 1. The van der Waals surface area contributed by atoms with E-state index in [9.17, 15) is 9.59 Å². The van der Waals surface area contributed by atoms with Gasteiger partial charge < -0.3 is 15.8 Å². The molecule has 5 nitrogen and oxygen atoms in total. The summed E-state index contributed by atoms with van der Waals surface area (Å²) >= 11 is 7.37. The lowest BCUT2D eigenvalue weighted by atomic mass is 9.88. The summed E-state index contributed by atoms with van der Waals surface area (Å²) in [6.45, 7) is 3.83. The van der Waals surface area contributed by atoms with E-state index in [2.05, 4.69) is 12.2 Å². The highest BCUT2D eigenvalue weighted by Crippen LogP contribution is 2.39. The molecule has 0 spiro atoms. The molecule has 0 radical (unpaired) electrons. The highest BCUT2D eigenvalue weighted by molar-refractivity contribution is 7.17. The molecule has 0 unspecified atom stereocenters. The van der Waals surface area contributed by atoms with Crippen LogP contribution < -0.4 is 15.8 Å². The Labute approximate surface area is 161 Å². The molecule has 1 aliphatic rings. The van der Waals surface area contributed by atoms with Crippen molar-refractivity contribution in [3.05, 3.63) is 45.3 Å². The van der Waals surface area contributed by atoms with E-state index >= 15 is 0 Å². The van der Waals surface area contributed by atoms with Gasteiger partial charge in [0.15, 0.2) is 6.10 Å². The van der Waals surface area contributed by atoms with Gasteiger partial charge in [-0.2, -0.15) is 0 Å². The minimum atomic E-state index is -0.743. The van der Waals surface area contributed by atoms with E-state index in [-0.39, 0.29) is 5.91 Å². The van der Waals surface area contributed by atoms with Crippen LogP contribution in [0.4, 0.5) is 5.00 Å². The molecule has 1 aliphatic carbocycles. The Hall–Kier alpha value is -2.05. The molecular weight excluding hydrogens is 372 g/mol. The molecule has 3 rings (SSSR count). The van der Waals surface area contributed by atoms with Gasteiger partial charge in [0.2, 0.25) is 0 Å². The quantitative estimate of drug-likeness (QED) is 0.805. The van der Waals surface area contributed by atoms with Gasteiger partial charge in [-0.25, -0.2) is 0 Å². The molecule has 1 aromatic heterocycles. The molecule has 0 aliphatic heterocycles. The van der Waals surface area contributed by atoms with Gasteiger partial charge in [0, 0.05) is 9.90 Å². The zero-order valence-corrected chi connectivity index (χ0v) is 16.2. The zero-order chi connectivity index (χ0) is 18.8. The number of nitrogens with two attached hydrogens (primary N) is 1. The average molecular weight is 393 g/mol. The van der Waals surface area contributed by atoms with Gasteiger partial charge in [0.25, 0.3) is 11.8 Å². The summed E-state index contributed by atoms with van der Waals surface area (Å²) in [5.41, 5.74) is 7.01. The number of carbonyl (C=O) groups is 2. The lowest BCUT2D eigenvalue weighted by molar-refractivity contribution is -0.122. The monoisotopic (exact) mass is 392 g/mol. The van der Waals surface area contributed by atoms with Crippen molar-refractivity contribution >= 4 is 39.8 Å². The van der Waals surface area contributed by atoms with E-state index in [1.165, 1.54) is 11.3 Å². The largest absolute Gasteiger partial charge is 0.481 e. The molecule has 0 saturated carbocycles. The Morgan fingerprint density at radius 2 is 2.19 bits per heavy atom. The number of hydrogen-bond donors (Lipinski definition) is 2. The SMILES string of the molecule is C[C@H]1CCc2c(sc(NC(=O)[C@@H](C)Oc3cccc(Cl)c3)c2C(N)=O)C1. The summed E-state index contributed by atoms with van der Waals surface area (Å²) in [4.78, 5) is 25.6. The van der Waals surface area contributed by atoms with Crippen LogP contribution in [0.25, 0.3) is 0 Å². The summed E-state index contributed by atoms with van der Waals surface area (Å²) < 4.78 is 5.64. The van der Waals surface area contributed by atoms with Crippen LogP contribution >= 0.6 is 22.9 Å². The van der Waals surface area contributed by atoms with Crippen LogP contribution in [0.5, 0.6) is 5.75 Å². The van der Waals surface area contributed by atoms with Crippen LogP contribution in [0.2, 0.25) is 5.02 Å². The molecule has 26 heavy (non-hydrogen) atoms. The van der Waals surface area contributed by atoms with Crippen molar-refractivity contribution in [1.82, 2.24) is 0 Å². The molecule has 2 aromatic rings. The number of nitrogens with one attached hydrogen (secondary N) is 1. The smallest absolute Gasteiger partial charge is 0.265 e. The third-order valence-electron chi connectivity index (χ3n) is 4.47. The second kappa shape index (κ2) is 7.68. The fourth-order valence-electron chi connectivity index (χ4n) is 3.11. The topological polar surface area (TPSA) is 81.4 Å². The van der Waals surface area contributed by atoms with E-state index in [0.29, 0.717) is 27.3 Å². The maximum Gasteiger partial charge on any atom is 0.265 e. The Morgan fingerprint density at radius 1 is 1.42 bits per heavy atom. The molecular formula is C19H21ClN2O3S. The highest BCUT2D eigenvalue weighted by atomic mass is 35.5. The van der Waals surface area contributed by atoms with Crippen LogP contribution in [-0.4, -0.2) is 17.9 Å². The summed E-state index contributed by atoms with van der Waals surface area (Å²) in [5, 5.41) is 3.87. The molecule has 7 heteroatoms. The molecule has 0 bridgehead atoms. The Morgan fingerprint density at radius 3 is 2.88 bits per heavy atom. The van der Waals surface area contributed by atoms with Crippen LogP contribution in [0.1, 0.15) is 41.1 Å². The third kappa shape index (κ3) is 4.02. The molecule has 2 atom stereocenters. The first-order valence-corrected chi connectivity index (χ1v) is 9.72. The van der Waals surface area contributed by atoms with Crippen LogP contribution in [0.15, 0.2) is 24.3 Å². The first-order chi connectivity index (χ1) is 12.3. The van der Waals surface area contributed by atoms with E-state index in [0.717, 1.165) is 29.7 Å². The van der Waals surface area contributed by atoms with Crippen molar-refractivity contribution in [1.29, 1.82) is 0 Å². The van der Waals surface area contributed by atoms with Crippen molar-refractivity contribution in [3.63, 3.8) is 0 Å². The number of amides is 2. The number of primary amides is 1. The predicted molar refractivity (Wildman–Crippen MR) is 104 cm³/mol. The van der Waals surface area contributed by atoms with Crippen molar-refractivity contribution in [3.8, 4) is 5.75 Å². The number of thiophene rings is 1. The number of fused-ring (bicyclic) bond motifs is 1. The normalized spacial score (nSPS) is 17.3. The average Bonchev–Trinajstić information content (AvgIpc) is 2.91. The van der Waals surface area contributed by atoms with Gasteiger partial charge in [-0.05, 0) is 55.9 Å². The van der Waals surface area contributed by atoms with E-state index in [4.69, 9.17) is 22.1 Å². The first kappa shape index (κ1) is 18.7. The first-order valence-electron chi connectivity index (χ1n) is 8.52. The number of benzene rings is 1. The lowest BCUT2D eigenvalue weighted by Gasteiger charge is -2.18. The molecule has 0 fully saturated rings. The molecule has 0 saturated heterocycles. The second-order valence-electron chi connectivity index (χ2n) is 6.63. The highest BCUT2D eigenvalue weighted by Gasteiger charge is 2.28. The Balaban J connectivity index is 1.77. The molecule has 3 N–H and O–H groups in total. The molecule has 1 heterocycles. The molecule has 2 amide bonds. The van der Waals surface area contributed by atoms with Crippen molar-refractivity contribution in [2.24, 2.45) is 11.7 Å². The van der Waals surface area contributed by atoms with Gasteiger partial charge in [0.1, 0.15) is 10.8 Å². The third-order valence-corrected chi connectivity index (χ3v) is 5.88. The van der Waals surface area contributed by atoms with E-state index in [1.807, 2.05) is 0 Å². The second-order valence-corrected chi connectivity index (χ2v) is 8.17. The minimum absolute atomic E-state index is 0.334. The number of ether oxygens (including phenoxy) is 1. The van der Waals surface area contributed by atoms with E-state index < -0.39 is 12.0 Å². The minimum Gasteiger partial charge on any atom is -0.481 e.